The molecule has 0 saturated heterocycles. The molecule has 0 spiro atoms. The maximum atomic E-state index is 12.7. The average Bonchev–Trinajstić information content (AvgIpc) is 2.94. The molecule has 0 heterocycles. The molecule has 0 aliphatic carbocycles. The highest BCUT2D eigenvalue weighted by Crippen LogP contribution is 2.23. The van der Waals surface area contributed by atoms with E-state index < -0.39 is 11.9 Å². The lowest BCUT2D eigenvalue weighted by Crippen LogP contribution is -2.09. The lowest BCUT2D eigenvalue weighted by Gasteiger charge is -2.09. The Morgan fingerprint density at radius 1 is 0.526 bits per heavy atom. The number of hydrogen-bond donors (Lipinski definition) is 0. The summed E-state index contributed by atoms with van der Waals surface area (Å²) < 4.78 is 22.3. The minimum Gasteiger partial charge on any atom is -0.494 e. The van der Waals surface area contributed by atoms with Crippen molar-refractivity contribution in [3.63, 3.8) is 0 Å². The summed E-state index contributed by atoms with van der Waals surface area (Å²) in [6.45, 7) is 5.54. The number of rotatable bonds is 12. The van der Waals surface area contributed by atoms with E-state index in [2.05, 4.69) is 13.8 Å². The van der Waals surface area contributed by atoms with Crippen LogP contribution in [-0.4, -0.2) is 25.2 Å². The molecule has 38 heavy (non-hydrogen) atoms. The Morgan fingerprint density at radius 2 is 0.895 bits per heavy atom. The van der Waals surface area contributed by atoms with Crippen molar-refractivity contribution in [2.45, 2.75) is 39.5 Å². The van der Waals surface area contributed by atoms with Gasteiger partial charge in [0.05, 0.1) is 24.3 Å². The topological polar surface area (TPSA) is 71.1 Å². The van der Waals surface area contributed by atoms with Gasteiger partial charge in [0.2, 0.25) is 0 Å². The second kappa shape index (κ2) is 13.3. The number of ether oxygens (including phenoxy) is 4. The number of hydrogen-bond acceptors (Lipinski definition) is 6. The first-order valence-electron chi connectivity index (χ1n) is 13.0. The second-order valence-electron chi connectivity index (χ2n) is 8.90. The van der Waals surface area contributed by atoms with Crippen LogP contribution in [0.2, 0.25) is 0 Å². The van der Waals surface area contributed by atoms with E-state index in [0.717, 1.165) is 48.0 Å². The number of carbonyl (C=O) groups is 2. The quantitative estimate of drug-likeness (QED) is 0.110. The molecule has 0 amide bonds. The number of fused-ring (bicyclic) bond motifs is 1. The molecule has 0 N–H and O–H groups in total. The van der Waals surface area contributed by atoms with Gasteiger partial charge in [0.25, 0.3) is 0 Å². The highest BCUT2D eigenvalue weighted by Gasteiger charge is 2.13. The number of unbranched alkanes of at least 4 members (excludes halogenated alkanes) is 2. The number of carbonyl (C=O) groups excluding carboxylic acids is 2. The molecule has 0 aromatic heterocycles. The molecule has 0 bridgehead atoms. The summed E-state index contributed by atoms with van der Waals surface area (Å²) in [5.41, 5.74) is 0.828. The zero-order valence-electron chi connectivity index (χ0n) is 21.8. The van der Waals surface area contributed by atoms with Crippen LogP contribution in [0.15, 0.2) is 84.9 Å². The van der Waals surface area contributed by atoms with E-state index >= 15 is 0 Å². The third kappa shape index (κ3) is 7.35. The third-order valence-corrected chi connectivity index (χ3v) is 5.91. The first-order chi connectivity index (χ1) is 18.6. The van der Waals surface area contributed by atoms with Gasteiger partial charge in [-0.3, -0.25) is 0 Å². The fraction of sp³-hybridized carbons (Fsp3) is 0.250. The lowest BCUT2D eigenvalue weighted by atomic mass is 10.0. The Hall–Kier alpha value is -4.32. The smallest absolute Gasteiger partial charge is 0.343 e. The Labute approximate surface area is 223 Å². The third-order valence-electron chi connectivity index (χ3n) is 5.91. The average molecular weight is 513 g/mol. The summed E-state index contributed by atoms with van der Waals surface area (Å²) in [4.78, 5) is 25.4. The molecule has 0 unspecified atom stereocenters. The summed E-state index contributed by atoms with van der Waals surface area (Å²) in [5.74, 6) is 1.45. The zero-order valence-corrected chi connectivity index (χ0v) is 21.8. The highest BCUT2D eigenvalue weighted by molar-refractivity contribution is 5.99. The molecule has 6 heteroatoms. The normalized spacial score (nSPS) is 10.7. The van der Waals surface area contributed by atoms with E-state index in [1.54, 1.807) is 84.9 Å². The van der Waals surface area contributed by atoms with Crippen LogP contribution in [0, 0.1) is 0 Å². The molecule has 0 saturated carbocycles. The van der Waals surface area contributed by atoms with Gasteiger partial charge in [-0.1, -0.05) is 38.8 Å². The van der Waals surface area contributed by atoms with Gasteiger partial charge in [0.1, 0.15) is 23.0 Å². The largest absolute Gasteiger partial charge is 0.494 e. The van der Waals surface area contributed by atoms with E-state index in [-0.39, 0.29) is 0 Å². The second-order valence-corrected chi connectivity index (χ2v) is 8.90. The first-order valence-corrected chi connectivity index (χ1v) is 13.0. The standard InChI is InChI=1S/C32H32O6/c1-3-5-19-35-27-11-15-29(16-12-27)37-31(33)25-9-7-24-22-26(10-8-23(24)21-25)32(34)38-30-17-13-28(14-18-30)36-20-6-4-2/h7-18,21-22H,3-6,19-20H2,1-2H3. The molecule has 0 fully saturated rings. The van der Waals surface area contributed by atoms with E-state index in [4.69, 9.17) is 18.9 Å². The van der Waals surface area contributed by atoms with Crippen molar-refractivity contribution in [1.82, 2.24) is 0 Å². The van der Waals surface area contributed by atoms with Gasteiger partial charge in [-0.2, -0.15) is 0 Å². The highest BCUT2D eigenvalue weighted by atomic mass is 16.5. The van der Waals surface area contributed by atoms with Crippen molar-refractivity contribution in [2.75, 3.05) is 13.2 Å². The predicted octanol–water partition coefficient (Wildman–Crippen LogP) is 7.64. The van der Waals surface area contributed by atoms with Crippen molar-refractivity contribution in [1.29, 1.82) is 0 Å². The Kier molecular flexibility index (Phi) is 9.35. The molecule has 0 aliphatic heterocycles. The van der Waals surface area contributed by atoms with E-state index in [9.17, 15) is 9.59 Å². The molecule has 4 aromatic rings. The Balaban J connectivity index is 1.36. The van der Waals surface area contributed by atoms with Crippen LogP contribution < -0.4 is 18.9 Å². The van der Waals surface area contributed by atoms with E-state index in [1.165, 1.54) is 0 Å². The fourth-order valence-corrected chi connectivity index (χ4v) is 3.71. The summed E-state index contributed by atoms with van der Waals surface area (Å²) in [6, 6.07) is 24.4. The van der Waals surface area contributed by atoms with Gasteiger partial charge in [0.15, 0.2) is 0 Å². The van der Waals surface area contributed by atoms with Crippen LogP contribution in [0.5, 0.6) is 23.0 Å². The van der Waals surface area contributed by atoms with Gasteiger partial charge in [-0.15, -0.1) is 0 Å². The SMILES string of the molecule is CCCCOc1ccc(OC(=O)c2ccc3cc(C(=O)Oc4ccc(OCCCC)cc4)ccc3c2)cc1. The molecule has 4 rings (SSSR count). The van der Waals surface area contributed by atoms with Crippen LogP contribution in [0.1, 0.15) is 60.2 Å². The van der Waals surface area contributed by atoms with Gasteiger partial charge < -0.3 is 18.9 Å². The van der Waals surface area contributed by atoms with Crippen LogP contribution >= 0.6 is 0 Å². The van der Waals surface area contributed by atoms with Crippen molar-refractivity contribution in [3.05, 3.63) is 96.1 Å². The monoisotopic (exact) mass is 512 g/mol. The maximum Gasteiger partial charge on any atom is 0.343 e. The van der Waals surface area contributed by atoms with Crippen LogP contribution in [0.25, 0.3) is 10.8 Å². The van der Waals surface area contributed by atoms with Gasteiger partial charge >= 0.3 is 11.9 Å². The van der Waals surface area contributed by atoms with Crippen molar-refractivity contribution >= 4 is 22.7 Å². The summed E-state index contributed by atoms with van der Waals surface area (Å²) in [5, 5.41) is 1.62. The number of benzene rings is 4. The molecule has 196 valence electrons. The summed E-state index contributed by atoms with van der Waals surface area (Å²) in [6.07, 6.45) is 4.11. The Bertz CT molecular complexity index is 1250. The van der Waals surface area contributed by atoms with Crippen molar-refractivity contribution in [2.24, 2.45) is 0 Å². The predicted molar refractivity (Wildman–Crippen MR) is 148 cm³/mol. The van der Waals surface area contributed by atoms with E-state index in [0.29, 0.717) is 35.8 Å². The molecular weight excluding hydrogens is 480 g/mol. The summed E-state index contributed by atoms with van der Waals surface area (Å²) in [7, 11) is 0. The van der Waals surface area contributed by atoms with Gasteiger partial charge in [-0.25, -0.2) is 9.59 Å². The fourth-order valence-electron chi connectivity index (χ4n) is 3.71. The number of esters is 2. The Morgan fingerprint density at radius 3 is 1.26 bits per heavy atom. The van der Waals surface area contributed by atoms with Gasteiger partial charge in [-0.05, 0) is 96.4 Å². The first kappa shape index (κ1) is 26.7. The minimum absolute atomic E-state index is 0.414. The van der Waals surface area contributed by atoms with Crippen LogP contribution in [-0.2, 0) is 0 Å². The maximum absolute atomic E-state index is 12.7. The van der Waals surface area contributed by atoms with Crippen LogP contribution in [0.3, 0.4) is 0 Å². The molecule has 4 aromatic carbocycles. The molecule has 0 radical (unpaired) electrons. The van der Waals surface area contributed by atoms with Crippen LogP contribution in [0.4, 0.5) is 0 Å². The van der Waals surface area contributed by atoms with Gasteiger partial charge in [0, 0.05) is 0 Å². The summed E-state index contributed by atoms with van der Waals surface area (Å²) >= 11 is 0. The molecule has 0 aliphatic rings. The van der Waals surface area contributed by atoms with Crippen molar-refractivity contribution < 1.29 is 28.5 Å². The minimum atomic E-state index is -0.461. The molecular formula is C32H32O6. The molecule has 0 atom stereocenters. The lowest BCUT2D eigenvalue weighted by molar-refractivity contribution is 0.0725. The van der Waals surface area contributed by atoms with E-state index in [1.807, 2.05) is 0 Å². The molecule has 6 nitrogen and oxygen atoms in total. The zero-order chi connectivity index (χ0) is 26.7. The van der Waals surface area contributed by atoms with Crippen molar-refractivity contribution in [3.8, 4) is 23.0 Å².